The van der Waals surface area contributed by atoms with Crippen LogP contribution in [0.25, 0.3) is 0 Å². The van der Waals surface area contributed by atoms with Crippen LogP contribution in [0.4, 0.5) is 0 Å². The Balaban J connectivity index is -0.00000135. The molecule has 9 heteroatoms. The minimum absolute atomic E-state index is 0.326. The van der Waals surface area contributed by atoms with Gasteiger partial charge in [-0.15, -0.1) is 0 Å². The molecule has 0 unspecified atom stereocenters. The first-order valence-corrected chi connectivity index (χ1v) is 19.4. The van der Waals surface area contributed by atoms with Gasteiger partial charge in [-0.1, -0.05) is 168 Å². The van der Waals surface area contributed by atoms with Crippen molar-refractivity contribution in [3.05, 3.63) is 0 Å². The lowest BCUT2D eigenvalue weighted by molar-refractivity contribution is -0.159. The van der Waals surface area contributed by atoms with Gasteiger partial charge < -0.3 is 35.4 Å². The van der Waals surface area contributed by atoms with Gasteiger partial charge in [0.2, 0.25) is 0 Å². The van der Waals surface area contributed by atoms with Crippen LogP contribution in [0.1, 0.15) is 194 Å². The van der Waals surface area contributed by atoms with Crippen LogP contribution in [-0.4, -0.2) is 81.2 Å². The molecule has 0 radical (unpaired) electrons. The number of esters is 2. The molecule has 0 aliphatic carbocycles. The number of carbonyl (C=O) groups excluding carboxylic acids is 2. The molecule has 0 saturated carbocycles. The lowest BCUT2D eigenvalue weighted by Gasteiger charge is -2.05. The van der Waals surface area contributed by atoms with Crippen LogP contribution in [0.2, 0.25) is 0 Å². The largest absolute Gasteiger partial charge is 0.394 e. The van der Waals surface area contributed by atoms with Crippen molar-refractivity contribution in [2.24, 2.45) is 0 Å². The van der Waals surface area contributed by atoms with E-state index in [0.29, 0.717) is 12.8 Å². The summed E-state index contributed by atoms with van der Waals surface area (Å²) in [5, 5.41) is 48.0. The maximum Gasteiger partial charge on any atom is 0.313 e. The van der Waals surface area contributed by atoms with Gasteiger partial charge in [-0.05, 0) is 12.8 Å². The van der Waals surface area contributed by atoms with Crippen LogP contribution in [0.15, 0.2) is 0 Å². The second-order valence-electron chi connectivity index (χ2n) is 12.9. The van der Waals surface area contributed by atoms with Crippen molar-refractivity contribution in [3.63, 3.8) is 0 Å². The van der Waals surface area contributed by atoms with E-state index in [0.717, 1.165) is 25.7 Å². The molecular formula is C38H78O9. The molecule has 0 bridgehead atoms. The zero-order chi connectivity index (χ0) is 35.6. The van der Waals surface area contributed by atoms with Crippen molar-refractivity contribution in [1.29, 1.82) is 0 Å². The highest BCUT2D eigenvalue weighted by molar-refractivity contribution is 5.85. The Hall–Kier alpha value is -1.10. The van der Waals surface area contributed by atoms with E-state index in [-0.39, 0.29) is 38.4 Å². The minimum atomic E-state index is -0.954. The van der Waals surface area contributed by atoms with Crippen LogP contribution in [-0.2, 0) is 14.3 Å². The molecule has 0 rings (SSSR count). The third kappa shape index (κ3) is 49.4. The first kappa shape index (κ1) is 50.3. The number of hydrogen-bond donors (Lipinski definition) is 6. The summed E-state index contributed by atoms with van der Waals surface area (Å²) >= 11 is 0. The Morgan fingerprint density at radius 1 is 0.383 bits per heavy atom. The molecule has 6 N–H and O–H groups in total. The first-order chi connectivity index (χ1) is 22.8. The maximum atomic E-state index is 11.8. The summed E-state index contributed by atoms with van der Waals surface area (Å²) in [6.07, 6.45) is 32.4. The highest BCUT2D eigenvalue weighted by atomic mass is 16.6. The predicted octanol–water partition coefficient (Wildman–Crippen LogP) is 7.68. The summed E-state index contributed by atoms with van der Waals surface area (Å²) in [4.78, 5) is 23.7. The molecule has 0 spiro atoms. The van der Waals surface area contributed by atoms with Gasteiger partial charge in [0.05, 0.1) is 26.4 Å². The summed E-state index contributed by atoms with van der Waals surface area (Å²) in [6.45, 7) is 3.08. The standard InChI is InChI=1S/C32H62O3.2C3H8O3/c1-3-5-7-9-11-13-15-17-19-21-23-25-27-29-31(33)35-32(34)30-28-26-24-22-20-18-16-14-12-10-8-6-4-2;2*4-1-3(6)2-5/h3-30H2,1-2H3;2*3-6H,1-2H2. The molecule has 0 heterocycles. The number of hydrogen-bond acceptors (Lipinski definition) is 9. The zero-order valence-electron chi connectivity index (χ0n) is 30.7. The second kappa shape index (κ2) is 44.9. The Bertz CT molecular complexity index is 546. The monoisotopic (exact) mass is 679 g/mol. The summed E-state index contributed by atoms with van der Waals surface area (Å²) in [6, 6.07) is 0. The molecule has 9 nitrogen and oxygen atoms in total. The number of rotatable bonds is 32. The molecule has 0 aromatic rings. The first-order valence-electron chi connectivity index (χ1n) is 19.4. The van der Waals surface area contributed by atoms with Crippen LogP contribution in [0.5, 0.6) is 0 Å². The van der Waals surface area contributed by atoms with Gasteiger partial charge in [0.15, 0.2) is 0 Å². The lowest BCUT2D eigenvalue weighted by atomic mass is 10.0. The predicted molar refractivity (Wildman–Crippen MR) is 192 cm³/mol. The van der Waals surface area contributed by atoms with Crippen molar-refractivity contribution < 1.29 is 45.0 Å². The Morgan fingerprint density at radius 2 is 0.574 bits per heavy atom. The second-order valence-corrected chi connectivity index (χ2v) is 12.9. The number of ether oxygens (including phenoxy) is 1. The molecular weight excluding hydrogens is 600 g/mol. The quantitative estimate of drug-likeness (QED) is 0.0238. The van der Waals surface area contributed by atoms with Gasteiger partial charge in [0.25, 0.3) is 0 Å². The van der Waals surface area contributed by atoms with E-state index in [1.807, 2.05) is 0 Å². The molecule has 47 heavy (non-hydrogen) atoms. The molecule has 0 atom stereocenters. The van der Waals surface area contributed by atoms with Crippen LogP contribution >= 0.6 is 0 Å². The third-order valence-electron chi connectivity index (χ3n) is 8.04. The van der Waals surface area contributed by atoms with Gasteiger partial charge in [-0.25, -0.2) is 0 Å². The van der Waals surface area contributed by atoms with Gasteiger partial charge >= 0.3 is 11.9 Å². The molecule has 0 aromatic heterocycles. The molecule has 0 saturated heterocycles. The Labute approximate surface area is 288 Å². The number of aliphatic hydroxyl groups excluding tert-OH is 6. The van der Waals surface area contributed by atoms with Crippen LogP contribution in [0, 0.1) is 0 Å². The average molecular weight is 679 g/mol. The van der Waals surface area contributed by atoms with Crippen molar-refractivity contribution >= 4 is 11.9 Å². The smallest absolute Gasteiger partial charge is 0.313 e. The third-order valence-corrected chi connectivity index (χ3v) is 8.04. The molecule has 0 aromatic carbocycles. The van der Waals surface area contributed by atoms with Crippen molar-refractivity contribution in [2.45, 2.75) is 206 Å². The fourth-order valence-electron chi connectivity index (χ4n) is 4.92. The van der Waals surface area contributed by atoms with Crippen LogP contribution < -0.4 is 0 Å². The fraction of sp³-hybridized carbons (Fsp3) is 0.947. The Morgan fingerprint density at radius 3 is 0.745 bits per heavy atom. The van der Waals surface area contributed by atoms with E-state index in [4.69, 9.17) is 35.4 Å². The van der Waals surface area contributed by atoms with E-state index >= 15 is 0 Å². The molecule has 284 valence electrons. The summed E-state index contributed by atoms with van der Waals surface area (Å²) in [5.74, 6) is -0.652. The fourth-order valence-corrected chi connectivity index (χ4v) is 4.92. The van der Waals surface area contributed by atoms with Crippen molar-refractivity contribution in [2.75, 3.05) is 26.4 Å². The molecule has 0 aliphatic rings. The summed E-state index contributed by atoms with van der Waals surface area (Å²) < 4.78 is 4.99. The van der Waals surface area contributed by atoms with Crippen molar-refractivity contribution in [3.8, 4) is 0 Å². The van der Waals surface area contributed by atoms with E-state index in [9.17, 15) is 9.59 Å². The average Bonchev–Trinajstić information content (AvgIpc) is 3.08. The lowest BCUT2D eigenvalue weighted by Crippen LogP contribution is -2.15. The van der Waals surface area contributed by atoms with Gasteiger partial charge in [-0.2, -0.15) is 0 Å². The van der Waals surface area contributed by atoms with Gasteiger partial charge in [-0.3, -0.25) is 9.59 Å². The molecule has 0 fully saturated rings. The highest BCUT2D eigenvalue weighted by Crippen LogP contribution is 2.15. The van der Waals surface area contributed by atoms with E-state index in [2.05, 4.69) is 13.8 Å². The normalized spacial score (nSPS) is 10.9. The number of carbonyl (C=O) groups is 2. The van der Waals surface area contributed by atoms with Gasteiger partial charge in [0, 0.05) is 12.8 Å². The minimum Gasteiger partial charge on any atom is -0.394 e. The Kier molecular flexibility index (Phi) is 48.0. The molecule has 0 aliphatic heterocycles. The highest BCUT2D eigenvalue weighted by Gasteiger charge is 2.10. The zero-order valence-corrected chi connectivity index (χ0v) is 30.7. The summed E-state index contributed by atoms with van der Waals surface area (Å²) in [5.41, 5.74) is 0. The number of unbranched alkanes of at least 4 members (excludes halogenated alkanes) is 24. The topological polar surface area (TPSA) is 165 Å². The SMILES string of the molecule is CCCCCCCCCCCCCCCC(=O)OC(=O)CCCCCCCCCCCCCCC.OCC(O)CO.OCC(O)CO. The number of aliphatic hydroxyl groups is 6. The van der Waals surface area contributed by atoms with E-state index in [1.54, 1.807) is 0 Å². The van der Waals surface area contributed by atoms with Gasteiger partial charge in [0.1, 0.15) is 12.2 Å². The molecule has 0 amide bonds. The van der Waals surface area contributed by atoms with E-state index in [1.165, 1.54) is 141 Å². The van der Waals surface area contributed by atoms with Crippen LogP contribution in [0.3, 0.4) is 0 Å². The maximum absolute atomic E-state index is 11.8. The van der Waals surface area contributed by atoms with Crippen molar-refractivity contribution in [1.82, 2.24) is 0 Å². The van der Waals surface area contributed by atoms with E-state index < -0.39 is 12.2 Å². The summed E-state index contributed by atoms with van der Waals surface area (Å²) in [7, 11) is 0.